The van der Waals surface area contributed by atoms with Gasteiger partial charge in [0.15, 0.2) is 0 Å². The minimum Gasteiger partial charge on any atom is -0.374 e. The molecule has 0 spiro atoms. The molecule has 0 N–H and O–H groups in total. The number of rotatable bonds is 5. The van der Waals surface area contributed by atoms with E-state index in [1.807, 2.05) is 42.5 Å². The highest BCUT2D eigenvalue weighted by Gasteiger charge is 2.43. The van der Waals surface area contributed by atoms with Crippen molar-refractivity contribution in [1.82, 2.24) is 19.7 Å². The van der Waals surface area contributed by atoms with Gasteiger partial charge in [0.05, 0.1) is 31.6 Å². The number of aromatic nitrogens is 3. The molecule has 2 fully saturated rings. The first kappa shape index (κ1) is 15.7. The second-order valence-corrected chi connectivity index (χ2v) is 6.68. The molecular weight excluding hydrogens is 304 g/mol. The molecule has 128 valence electrons. The van der Waals surface area contributed by atoms with E-state index in [1.54, 1.807) is 0 Å². The Balaban J connectivity index is 1.45. The lowest BCUT2D eigenvalue weighted by Gasteiger charge is -2.30. The molecule has 6 nitrogen and oxygen atoms in total. The maximum absolute atomic E-state index is 6.29. The Labute approximate surface area is 142 Å². The Kier molecular flexibility index (Phi) is 4.60. The van der Waals surface area contributed by atoms with E-state index in [9.17, 15) is 0 Å². The van der Waals surface area contributed by atoms with Crippen molar-refractivity contribution in [2.45, 2.75) is 44.2 Å². The molecule has 2 bridgehead atoms. The third-order valence-electron chi connectivity index (χ3n) is 5.01. The zero-order chi connectivity index (χ0) is 16.4. The number of hydrogen-bond acceptors (Lipinski definition) is 5. The molecule has 0 amide bonds. The van der Waals surface area contributed by atoms with Crippen LogP contribution in [0.3, 0.4) is 0 Å². The molecule has 4 rings (SSSR count). The van der Waals surface area contributed by atoms with Crippen molar-refractivity contribution in [3.8, 4) is 0 Å². The fourth-order valence-electron chi connectivity index (χ4n) is 3.84. The van der Waals surface area contributed by atoms with Crippen LogP contribution in [-0.4, -0.2) is 51.1 Å². The molecule has 1 saturated carbocycles. The highest BCUT2D eigenvalue weighted by atomic mass is 16.5. The second-order valence-electron chi connectivity index (χ2n) is 6.68. The zero-order valence-corrected chi connectivity index (χ0v) is 14.0. The molecule has 0 radical (unpaired) electrons. The third kappa shape index (κ3) is 3.36. The van der Waals surface area contributed by atoms with E-state index < -0.39 is 0 Å². The van der Waals surface area contributed by atoms with Crippen LogP contribution >= 0.6 is 0 Å². The number of fused-ring (bicyclic) bond motifs is 2. The molecule has 24 heavy (non-hydrogen) atoms. The van der Waals surface area contributed by atoms with Crippen LogP contribution in [0.1, 0.15) is 24.0 Å². The summed E-state index contributed by atoms with van der Waals surface area (Å²) >= 11 is 0. The zero-order valence-electron chi connectivity index (χ0n) is 14.0. The smallest absolute Gasteiger partial charge is 0.0995 e. The highest BCUT2D eigenvalue weighted by molar-refractivity contribution is 5.09. The van der Waals surface area contributed by atoms with Gasteiger partial charge in [-0.15, -0.1) is 0 Å². The van der Waals surface area contributed by atoms with Crippen LogP contribution in [0.15, 0.2) is 36.9 Å². The molecule has 1 aliphatic heterocycles. The maximum atomic E-state index is 6.29. The van der Waals surface area contributed by atoms with Crippen molar-refractivity contribution in [1.29, 1.82) is 0 Å². The second kappa shape index (κ2) is 7.01. The van der Waals surface area contributed by atoms with Crippen molar-refractivity contribution < 1.29 is 9.47 Å². The number of nitrogens with zero attached hydrogens (tertiary/aromatic N) is 4. The van der Waals surface area contributed by atoms with E-state index in [1.165, 1.54) is 5.56 Å². The van der Waals surface area contributed by atoms with Crippen LogP contribution in [0.2, 0.25) is 0 Å². The first-order valence-electron chi connectivity index (χ1n) is 8.63. The molecule has 0 aromatic carbocycles. The lowest BCUT2D eigenvalue weighted by Crippen LogP contribution is -2.42. The fourth-order valence-corrected chi connectivity index (χ4v) is 3.84. The molecule has 2 aliphatic rings. The van der Waals surface area contributed by atoms with Gasteiger partial charge in [-0.1, -0.05) is 0 Å². The summed E-state index contributed by atoms with van der Waals surface area (Å²) in [5, 5.41) is 4.28. The Hall–Kier alpha value is -1.76. The van der Waals surface area contributed by atoms with Crippen LogP contribution in [0.25, 0.3) is 0 Å². The maximum Gasteiger partial charge on any atom is 0.0995 e. The average molecular weight is 328 g/mol. The number of aryl methyl sites for hydroxylation is 1. The van der Waals surface area contributed by atoms with E-state index in [0.29, 0.717) is 12.6 Å². The Morgan fingerprint density at radius 2 is 2.12 bits per heavy atom. The van der Waals surface area contributed by atoms with Gasteiger partial charge in [-0.25, -0.2) is 0 Å². The van der Waals surface area contributed by atoms with Crippen molar-refractivity contribution in [2.24, 2.45) is 7.05 Å². The molecular formula is C18H24N4O2. The lowest BCUT2D eigenvalue weighted by molar-refractivity contribution is -0.0614. The largest absolute Gasteiger partial charge is 0.374 e. The summed E-state index contributed by atoms with van der Waals surface area (Å²) < 4.78 is 14.2. The topological polar surface area (TPSA) is 52.4 Å². The summed E-state index contributed by atoms with van der Waals surface area (Å²) in [4.78, 5) is 6.56. The molecule has 3 heterocycles. The summed E-state index contributed by atoms with van der Waals surface area (Å²) in [5.74, 6) is 0. The van der Waals surface area contributed by atoms with Crippen molar-refractivity contribution in [3.63, 3.8) is 0 Å². The molecule has 1 aliphatic carbocycles. The normalized spacial score (nSPS) is 27.3. The summed E-state index contributed by atoms with van der Waals surface area (Å²) in [6.07, 6.45) is 10.2. The van der Waals surface area contributed by atoms with Gasteiger partial charge < -0.3 is 9.47 Å². The molecule has 6 heteroatoms. The minimum atomic E-state index is 0.136. The fraction of sp³-hybridized carbons (Fsp3) is 0.556. The van der Waals surface area contributed by atoms with Crippen molar-refractivity contribution in [3.05, 3.63) is 48.0 Å². The SMILES string of the molecule is Cn1cc(CN2CCO[C@H]3CC[C@H]2[C@H]3OCc2ccncc2)cn1. The Morgan fingerprint density at radius 1 is 1.25 bits per heavy atom. The van der Waals surface area contributed by atoms with Gasteiger partial charge in [0.1, 0.15) is 0 Å². The number of pyridine rings is 1. The molecule has 0 unspecified atom stereocenters. The summed E-state index contributed by atoms with van der Waals surface area (Å²) in [6.45, 7) is 3.25. The summed E-state index contributed by atoms with van der Waals surface area (Å²) in [5.41, 5.74) is 2.41. The number of hydrogen-bond donors (Lipinski definition) is 0. The van der Waals surface area contributed by atoms with Gasteiger partial charge in [-0.3, -0.25) is 14.6 Å². The first-order chi connectivity index (χ1) is 11.8. The average Bonchev–Trinajstić information content (AvgIpc) is 3.13. The molecule has 2 aromatic heterocycles. The van der Waals surface area contributed by atoms with Crippen LogP contribution in [0.5, 0.6) is 0 Å². The summed E-state index contributed by atoms with van der Waals surface area (Å²) in [6, 6.07) is 4.43. The lowest BCUT2D eigenvalue weighted by atomic mass is 10.1. The van der Waals surface area contributed by atoms with E-state index in [-0.39, 0.29) is 12.2 Å². The van der Waals surface area contributed by atoms with E-state index in [0.717, 1.165) is 38.1 Å². The van der Waals surface area contributed by atoms with Crippen LogP contribution < -0.4 is 0 Å². The van der Waals surface area contributed by atoms with Gasteiger partial charge in [-0.2, -0.15) is 5.10 Å². The molecule has 1 saturated heterocycles. The van der Waals surface area contributed by atoms with Crippen LogP contribution in [-0.2, 0) is 29.7 Å². The van der Waals surface area contributed by atoms with Gasteiger partial charge in [0.2, 0.25) is 0 Å². The highest BCUT2D eigenvalue weighted by Crippen LogP contribution is 2.33. The predicted molar refractivity (Wildman–Crippen MR) is 89.2 cm³/mol. The number of ether oxygens (including phenoxy) is 2. The molecule has 2 aromatic rings. The standard InChI is InChI=1S/C18H24N4O2/c1-21-11-15(10-20-21)12-22-8-9-23-17-3-2-16(22)18(17)24-13-14-4-6-19-7-5-14/h4-7,10-11,16-18H,2-3,8-9,12-13H2,1H3/t16-,17-,18+/m0/s1. The summed E-state index contributed by atoms with van der Waals surface area (Å²) in [7, 11) is 1.96. The first-order valence-corrected chi connectivity index (χ1v) is 8.63. The van der Waals surface area contributed by atoms with Crippen LogP contribution in [0.4, 0.5) is 0 Å². The van der Waals surface area contributed by atoms with E-state index >= 15 is 0 Å². The monoisotopic (exact) mass is 328 g/mol. The molecule has 3 atom stereocenters. The van der Waals surface area contributed by atoms with Gasteiger partial charge in [0, 0.05) is 50.3 Å². The van der Waals surface area contributed by atoms with Crippen LogP contribution in [0, 0.1) is 0 Å². The van der Waals surface area contributed by atoms with Gasteiger partial charge >= 0.3 is 0 Å². The third-order valence-corrected chi connectivity index (χ3v) is 5.01. The predicted octanol–water partition coefficient (Wildman–Crippen LogP) is 1.76. The van der Waals surface area contributed by atoms with E-state index in [4.69, 9.17) is 9.47 Å². The van der Waals surface area contributed by atoms with Gasteiger partial charge in [-0.05, 0) is 30.5 Å². The van der Waals surface area contributed by atoms with E-state index in [2.05, 4.69) is 21.2 Å². The van der Waals surface area contributed by atoms with Gasteiger partial charge in [0.25, 0.3) is 0 Å². The Bertz CT molecular complexity index is 660. The quantitative estimate of drug-likeness (QED) is 0.837. The minimum absolute atomic E-state index is 0.136. The van der Waals surface area contributed by atoms with Crippen molar-refractivity contribution >= 4 is 0 Å². The van der Waals surface area contributed by atoms with Crippen molar-refractivity contribution in [2.75, 3.05) is 13.2 Å². The Morgan fingerprint density at radius 3 is 2.92 bits per heavy atom.